The molecule has 7 heteroatoms. The van der Waals surface area contributed by atoms with Gasteiger partial charge in [0.25, 0.3) is 5.91 Å². The predicted molar refractivity (Wildman–Crippen MR) is 119 cm³/mol. The number of anilines is 1. The monoisotopic (exact) mass is 440 g/mol. The summed E-state index contributed by atoms with van der Waals surface area (Å²) in [6, 6.07) is 21.3. The molecular formula is C22H17ClN2O2S2. The van der Waals surface area contributed by atoms with Gasteiger partial charge in [0.2, 0.25) is 0 Å². The van der Waals surface area contributed by atoms with Crippen molar-refractivity contribution >= 4 is 45.7 Å². The number of carbonyl (C=O) groups excluding carboxylic acids is 1. The summed E-state index contributed by atoms with van der Waals surface area (Å²) in [4.78, 5) is 19.0. The van der Waals surface area contributed by atoms with Crippen LogP contribution in [0.5, 0.6) is 0 Å². The number of benzene rings is 2. The summed E-state index contributed by atoms with van der Waals surface area (Å²) in [5.41, 5.74) is 1.14. The first-order valence-corrected chi connectivity index (χ1v) is 11.1. The van der Waals surface area contributed by atoms with E-state index in [2.05, 4.69) is 10.3 Å². The second-order valence-electron chi connectivity index (χ2n) is 6.26. The van der Waals surface area contributed by atoms with Gasteiger partial charge in [-0.15, -0.1) is 23.1 Å². The number of nitrogens with zero attached hydrogens (tertiary/aromatic N) is 1. The predicted octanol–water partition coefficient (Wildman–Crippen LogP) is 6.52. The van der Waals surface area contributed by atoms with Crippen LogP contribution < -0.4 is 5.32 Å². The minimum absolute atomic E-state index is 0.281. The SMILES string of the molecule is O=C(Nc1ncc(Cc2ccc(Cl)cc2)s1)c1ccc(CSc2ccccc2)o1. The third-order valence-electron chi connectivity index (χ3n) is 4.08. The molecule has 0 bridgehead atoms. The van der Waals surface area contributed by atoms with Crippen LogP contribution in [0.1, 0.15) is 26.8 Å². The molecule has 0 saturated heterocycles. The third kappa shape index (κ3) is 5.50. The van der Waals surface area contributed by atoms with E-state index in [9.17, 15) is 4.79 Å². The zero-order valence-corrected chi connectivity index (χ0v) is 17.7. The summed E-state index contributed by atoms with van der Waals surface area (Å²) < 4.78 is 5.68. The Balaban J connectivity index is 1.33. The van der Waals surface area contributed by atoms with E-state index >= 15 is 0 Å². The van der Waals surface area contributed by atoms with Gasteiger partial charge in [0.05, 0.1) is 5.75 Å². The van der Waals surface area contributed by atoms with Gasteiger partial charge in [0.15, 0.2) is 10.9 Å². The third-order valence-corrected chi connectivity index (χ3v) is 6.27. The van der Waals surface area contributed by atoms with Gasteiger partial charge in [-0.05, 0) is 42.0 Å². The quantitative estimate of drug-likeness (QED) is 0.332. The Hall–Kier alpha value is -2.54. The highest BCUT2D eigenvalue weighted by Gasteiger charge is 2.14. The van der Waals surface area contributed by atoms with Crippen molar-refractivity contribution in [2.45, 2.75) is 17.1 Å². The lowest BCUT2D eigenvalue weighted by molar-refractivity contribution is 0.0995. The van der Waals surface area contributed by atoms with Crippen LogP contribution in [0.3, 0.4) is 0 Å². The van der Waals surface area contributed by atoms with Crippen molar-refractivity contribution in [2.75, 3.05) is 5.32 Å². The van der Waals surface area contributed by atoms with Crippen LogP contribution in [-0.2, 0) is 12.2 Å². The number of carbonyl (C=O) groups is 1. The highest BCUT2D eigenvalue weighted by molar-refractivity contribution is 7.98. The molecule has 2 heterocycles. The fourth-order valence-electron chi connectivity index (χ4n) is 2.66. The summed E-state index contributed by atoms with van der Waals surface area (Å²) in [6.45, 7) is 0. The number of hydrogen-bond donors (Lipinski definition) is 1. The summed E-state index contributed by atoms with van der Waals surface area (Å²) in [5.74, 6) is 1.41. The van der Waals surface area contributed by atoms with Crippen molar-refractivity contribution in [3.8, 4) is 0 Å². The highest BCUT2D eigenvalue weighted by Crippen LogP contribution is 2.25. The molecule has 0 spiro atoms. The molecule has 4 aromatic rings. The first-order chi connectivity index (χ1) is 14.2. The number of amides is 1. The first-order valence-electron chi connectivity index (χ1n) is 8.93. The smallest absolute Gasteiger partial charge is 0.293 e. The standard InChI is InChI=1S/C22H17ClN2O2S2/c23-16-8-6-15(7-9-16)12-19-13-24-22(29-19)25-21(26)20-11-10-17(27-20)14-28-18-4-2-1-3-5-18/h1-11,13H,12,14H2,(H,24,25,26). The summed E-state index contributed by atoms with van der Waals surface area (Å²) in [6.07, 6.45) is 2.52. The first kappa shape index (κ1) is 19.8. The molecule has 0 fully saturated rings. The van der Waals surface area contributed by atoms with Crippen LogP contribution in [0.2, 0.25) is 5.02 Å². The van der Waals surface area contributed by atoms with E-state index in [1.165, 1.54) is 11.3 Å². The van der Waals surface area contributed by atoms with Crippen molar-refractivity contribution in [1.29, 1.82) is 0 Å². The number of rotatable bonds is 7. The maximum Gasteiger partial charge on any atom is 0.293 e. The Kier molecular flexibility index (Phi) is 6.34. The lowest BCUT2D eigenvalue weighted by atomic mass is 10.1. The van der Waals surface area contributed by atoms with E-state index in [1.807, 2.05) is 60.7 Å². The van der Waals surface area contributed by atoms with Gasteiger partial charge in [-0.2, -0.15) is 0 Å². The summed E-state index contributed by atoms with van der Waals surface area (Å²) in [7, 11) is 0. The van der Waals surface area contributed by atoms with Crippen molar-refractivity contribution in [3.63, 3.8) is 0 Å². The van der Waals surface area contributed by atoms with Crippen molar-refractivity contribution < 1.29 is 9.21 Å². The molecule has 2 aromatic carbocycles. The van der Waals surface area contributed by atoms with Gasteiger partial charge < -0.3 is 4.42 Å². The molecule has 0 saturated carbocycles. The molecule has 0 aliphatic heterocycles. The number of furan rings is 1. The highest BCUT2D eigenvalue weighted by atomic mass is 35.5. The van der Waals surface area contributed by atoms with Gasteiger partial charge in [0.1, 0.15) is 5.76 Å². The molecule has 1 amide bonds. The fraction of sp³-hybridized carbons (Fsp3) is 0.0909. The van der Waals surface area contributed by atoms with Crippen LogP contribution in [0.15, 0.2) is 82.2 Å². The molecule has 0 aliphatic rings. The van der Waals surface area contributed by atoms with E-state index in [4.69, 9.17) is 16.0 Å². The van der Waals surface area contributed by atoms with E-state index in [1.54, 1.807) is 24.0 Å². The van der Waals surface area contributed by atoms with Gasteiger partial charge in [0, 0.05) is 27.4 Å². The lowest BCUT2D eigenvalue weighted by Gasteiger charge is -2.00. The molecule has 146 valence electrons. The molecule has 4 nitrogen and oxygen atoms in total. The van der Waals surface area contributed by atoms with Gasteiger partial charge in [-0.3, -0.25) is 10.1 Å². The molecule has 1 N–H and O–H groups in total. The van der Waals surface area contributed by atoms with E-state index in [0.717, 1.165) is 27.5 Å². The number of hydrogen-bond acceptors (Lipinski definition) is 5. The van der Waals surface area contributed by atoms with E-state index in [-0.39, 0.29) is 11.7 Å². The molecule has 0 atom stereocenters. The topological polar surface area (TPSA) is 55.1 Å². The van der Waals surface area contributed by atoms with Crippen molar-refractivity contribution in [1.82, 2.24) is 4.98 Å². The van der Waals surface area contributed by atoms with Crippen LogP contribution in [0.4, 0.5) is 5.13 Å². The average Bonchev–Trinajstić information content (AvgIpc) is 3.39. The van der Waals surface area contributed by atoms with Crippen LogP contribution >= 0.6 is 34.7 Å². The van der Waals surface area contributed by atoms with E-state index < -0.39 is 0 Å². The molecular weight excluding hydrogens is 424 g/mol. The minimum Gasteiger partial charge on any atom is -0.455 e. The largest absolute Gasteiger partial charge is 0.455 e. The average molecular weight is 441 g/mol. The summed E-state index contributed by atoms with van der Waals surface area (Å²) >= 11 is 9.03. The Bertz CT molecular complexity index is 1090. The minimum atomic E-state index is -0.298. The maximum absolute atomic E-state index is 12.4. The Labute approximate surface area is 181 Å². The second kappa shape index (κ2) is 9.31. The van der Waals surface area contributed by atoms with Crippen molar-refractivity contribution in [3.05, 3.63) is 99.9 Å². The molecule has 2 aromatic heterocycles. The summed E-state index contributed by atoms with van der Waals surface area (Å²) in [5, 5.41) is 4.07. The molecule has 4 rings (SSSR count). The molecule has 0 aliphatic carbocycles. The molecule has 0 radical (unpaired) electrons. The van der Waals surface area contributed by atoms with Crippen LogP contribution in [-0.4, -0.2) is 10.9 Å². The zero-order valence-electron chi connectivity index (χ0n) is 15.3. The van der Waals surface area contributed by atoms with E-state index in [0.29, 0.717) is 15.9 Å². The maximum atomic E-state index is 12.4. The zero-order chi connectivity index (χ0) is 20.1. The molecule has 0 unspecified atom stereocenters. The normalized spacial score (nSPS) is 10.8. The molecule has 29 heavy (non-hydrogen) atoms. The van der Waals surface area contributed by atoms with Gasteiger partial charge in [-0.25, -0.2) is 4.98 Å². The number of thioether (sulfide) groups is 1. The fourth-order valence-corrected chi connectivity index (χ4v) is 4.44. The number of aromatic nitrogens is 1. The number of thiazole rings is 1. The van der Waals surface area contributed by atoms with Gasteiger partial charge >= 0.3 is 0 Å². The second-order valence-corrected chi connectivity index (χ2v) is 8.86. The van der Waals surface area contributed by atoms with Gasteiger partial charge in [-0.1, -0.05) is 41.9 Å². The number of nitrogens with one attached hydrogen (secondary N) is 1. The Morgan fingerprint density at radius 3 is 2.66 bits per heavy atom. The Morgan fingerprint density at radius 1 is 1.07 bits per heavy atom. The van der Waals surface area contributed by atoms with Crippen molar-refractivity contribution in [2.24, 2.45) is 0 Å². The Morgan fingerprint density at radius 2 is 1.86 bits per heavy atom. The van der Waals surface area contributed by atoms with Crippen LogP contribution in [0, 0.1) is 0 Å². The number of halogens is 1. The lowest BCUT2D eigenvalue weighted by Crippen LogP contribution is -2.10. The van der Waals surface area contributed by atoms with Crippen LogP contribution in [0.25, 0.3) is 0 Å².